The third-order valence-electron chi connectivity index (χ3n) is 4.80. The van der Waals surface area contributed by atoms with Gasteiger partial charge in [0.25, 0.3) is 5.91 Å². The molecule has 1 heterocycles. The molecule has 2 amide bonds. The lowest BCUT2D eigenvalue weighted by Crippen LogP contribution is -2.37. The molecule has 0 bridgehead atoms. The Kier molecular flexibility index (Phi) is 7.21. The summed E-state index contributed by atoms with van der Waals surface area (Å²) in [7, 11) is 3.14. The Hall–Kier alpha value is -3.61. The van der Waals surface area contributed by atoms with E-state index in [0.717, 1.165) is 6.42 Å². The van der Waals surface area contributed by atoms with Crippen LogP contribution in [0.1, 0.15) is 33.8 Å². The molecule has 3 aromatic rings. The van der Waals surface area contributed by atoms with Gasteiger partial charge < -0.3 is 15.4 Å². The summed E-state index contributed by atoms with van der Waals surface area (Å²) in [5.41, 5.74) is 2.70. The Morgan fingerprint density at radius 3 is 2.17 bits per heavy atom. The molecule has 0 unspecified atom stereocenters. The topological polar surface area (TPSA) is 85.2 Å². The SMILES string of the molecule is COc1nn(C)cc1C(=O)NCC(=O)NCCC(c1ccccc1)c1ccccc1. The van der Waals surface area contributed by atoms with Crippen LogP contribution in [-0.4, -0.2) is 41.8 Å². The number of benzene rings is 2. The summed E-state index contributed by atoms with van der Waals surface area (Å²) < 4.78 is 6.56. The van der Waals surface area contributed by atoms with Crippen molar-refractivity contribution in [1.82, 2.24) is 20.4 Å². The van der Waals surface area contributed by atoms with Crippen LogP contribution in [0.25, 0.3) is 0 Å². The Bertz CT molecular complexity index is 931. The quantitative estimate of drug-likeness (QED) is 0.572. The molecule has 1 aromatic heterocycles. The number of carbonyl (C=O) groups excluding carboxylic acids is 2. The summed E-state index contributed by atoms with van der Waals surface area (Å²) >= 11 is 0. The number of aromatic nitrogens is 2. The molecule has 0 saturated carbocycles. The van der Waals surface area contributed by atoms with Crippen LogP contribution in [0, 0.1) is 0 Å². The number of hydrogen-bond acceptors (Lipinski definition) is 4. The van der Waals surface area contributed by atoms with E-state index in [1.165, 1.54) is 22.9 Å². The molecular formula is C23H26N4O3. The van der Waals surface area contributed by atoms with Gasteiger partial charge in [-0.3, -0.25) is 14.3 Å². The fraction of sp³-hybridized carbons (Fsp3) is 0.261. The fourth-order valence-electron chi connectivity index (χ4n) is 3.35. The molecule has 7 nitrogen and oxygen atoms in total. The third-order valence-corrected chi connectivity index (χ3v) is 4.80. The molecule has 0 aliphatic rings. The van der Waals surface area contributed by atoms with Gasteiger partial charge in [-0.1, -0.05) is 60.7 Å². The van der Waals surface area contributed by atoms with E-state index in [0.29, 0.717) is 12.1 Å². The fourth-order valence-corrected chi connectivity index (χ4v) is 3.35. The van der Waals surface area contributed by atoms with E-state index in [1.807, 2.05) is 36.4 Å². The van der Waals surface area contributed by atoms with Crippen LogP contribution in [0.5, 0.6) is 5.88 Å². The monoisotopic (exact) mass is 406 g/mol. The van der Waals surface area contributed by atoms with Crippen molar-refractivity contribution in [1.29, 1.82) is 0 Å². The number of nitrogens with zero attached hydrogens (tertiary/aromatic N) is 2. The Balaban J connectivity index is 1.52. The highest BCUT2D eigenvalue weighted by molar-refractivity contribution is 5.98. The van der Waals surface area contributed by atoms with E-state index in [1.54, 1.807) is 13.2 Å². The van der Waals surface area contributed by atoms with E-state index in [2.05, 4.69) is 40.0 Å². The van der Waals surface area contributed by atoms with Crippen molar-refractivity contribution in [2.75, 3.05) is 20.2 Å². The number of ether oxygens (including phenoxy) is 1. The Morgan fingerprint density at radius 1 is 1.00 bits per heavy atom. The maximum Gasteiger partial charge on any atom is 0.258 e. The maximum atomic E-state index is 12.3. The van der Waals surface area contributed by atoms with Gasteiger partial charge in [0.05, 0.1) is 13.7 Å². The standard InChI is InChI=1S/C23H26N4O3/c1-27-16-20(23(26-27)30-2)22(29)25-15-21(28)24-14-13-19(17-9-5-3-6-10-17)18-11-7-4-8-12-18/h3-12,16,19H,13-15H2,1-2H3,(H,24,28)(H,25,29). The molecule has 0 spiro atoms. The van der Waals surface area contributed by atoms with E-state index in [9.17, 15) is 9.59 Å². The Labute approximate surface area is 176 Å². The number of methoxy groups -OCH3 is 1. The van der Waals surface area contributed by atoms with Crippen molar-refractivity contribution >= 4 is 11.8 Å². The lowest BCUT2D eigenvalue weighted by molar-refractivity contribution is -0.120. The van der Waals surface area contributed by atoms with Gasteiger partial charge in [-0.05, 0) is 17.5 Å². The molecule has 0 atom stereocenters. The van der Waals surface area contributed by atoms with Crippen LogP contribution >= 0.6 is 0 Å². The van der Waals surface area contributed by atoms with E-state index in [4.69, 9.17) is 4.74 Å². The molecule has 0 radical (unpaired) electrons. The second-order valence-corrected chi connectivity index (χ2v) is 6.92. The summed E-state index contributed by atoms with van der Waals surface area (Å²) in [4.78, 5) is 24.5. The van der Waals surface area contributed by atoms with Gasteiger partial charge in [-0.2, -0.15) is 0 Å². The predicted octanol–water partition coefficient (Wildman–Crippen LogP) is 2.50. The van der Waals surface area contributed by atoms with Crippen LogP contribution in [0.15, 0.2) is 66.9 Å². The van der Waals surface area contributed by atoms with Crippen LogP contribution in [0.2, 0.25) is 0 Å². The number of hydrogen-bond donors (Lipinski definition) is 2. The normalized spacial score (nSPS) is 10.6. The zero-order valence-electron chi connectivity index (χ0n) is 17.2. The zero-order valence-corrected chi connectivity index (χ0v) is 17.2. The highest BCUT2D eigenvalue weighted by Crippen LogP contribution is 2.27. The van der Waals surface area contributed by atoms with Gasteiger partial charge in [0.2, 0.25) is 11.8 Å². The Morgan fingerprint density at radius 2 is 1.60 bits per heavy atom. The molecule has 7 heteroatoms. The maximum absolute atomic E-state index is 12.3. The van der Waals surface area contributed by atoms with Gasteiger partial charge in [0.15, 0.2) is 0 Å². The summed E-state index contributed by atoms with van der Waals surface area (Å²) in [6, 6.07) is 20.5. The molecule has 0 aliphatic carbocycles. The molecule has 0 fully saturated rings. The van der Waals surface area contributed by atoms with Crippen molar-refractivity contribution in [3.63, 3.8) is 0 Å². The first kappa shape index (κ1) is 21.1. The lowest BCUT2D eigenvalue weighted by atomic mass is 9.88. The van der Waals surface area contributed by atoms with Crippen LogP contribution < -0.4 is 15.4 Å². The first-order valence-electron chi connectivity index (χ1n) is 9.81. The molecule has 2 N–H and O–H groups in total. The average molecular weight is 406 g/mol. The van der Waals surface area contributed by atoms with Crippen LogP contribution in [0.4, 0.5) is 0 Å². The van der Waals surface area contributed by atoms with Crippen molar-refractivity contribution in [2.45, 2.75) is 12.3 Å². The summed E-state index contributed by atoms with van der Waals surface area (Å²) in [6.45, 7) is 0.387. The van der Waals surface area contributed by atoms with Gasteiger partial charge in [0.1, 0.15) is 5.56 Å². The third kappa shape index (κ3) is 5.47. The minimum atomic E-state index is -0.401. The van der Waals surface area contributed by atoms with Crippen molar-refractivity contribution in [3.8, 4) is 5.88 Å². The number of rotatable bonds is 9. The molecule has 0 aliphatic heterocycles. The van der Waals surface area contributed by atoms with E-state index in [-0.39, 0.29) is 24.2 Å². The van der Waals surface area contributed by atoms with Crippen molar-refractivity contribution in [2.24, 2.45) is 7.05 Å². The first-order chi connectivity index (χ1) is 14.6. The minimum absolute atomic E-state index is 0.113. The highest BCUT2D eigenvalue weighted by atomic mass is 16.5. The minimum Gasteiger partial charge on any atom is -0.479 e. The summed E-state index contributed by atoms with van der Waals surface area (Å²) in [5.74, 6) is -0.237. The van der Waals surface area contributed by atoms with Crippen molar-refractivity contribution in [3.05, 3.63) is 83.6 Å². The van der Waals surface area contributed by atoms with E-state index >= 15 is 0 Å². The number of nitrogens with one attached hydrogen (secondary N) is 2. The van der Waals surface area contributed by atoms with Gasteiger partial charge in [-0.25, -0.2) is 0 Å². The van der Waals surface area contributed by atoms with Crippen LogP contribution in [0.3, 0.4) is 0 Å². The van der Waals surface area contributed by atoms with Gasteiger partial charge in [-0.15, -0.1) is 5.10 Å². The number of amides is 2. The second-order valence-electron chi connectivity index (χ2n) is 6.92. The summed E-state index contributed by atoms with van der Waals surface area (Å²) in [6.07, 6.45) is 2.31. The molecule has 30 heavy (non-hydrogen) atoms. The second kappa shape index (κ2) is 10.2. The van der Waals surface area contributed by atoms with E-state index < -0.39 is 5.91 Å². The lowest BCUT2D eigenvalue weighted by Gasteiger charge is -2.18. The number of carbonyl (C=O) groups is 2. The first-order valence-corrected chi connectivity index (χ1v) is 9.81. The number of aryl methyl sites for hydroxylation is 1. The van der Waals surface area contributed by atoms with Gasteiger partial charge >= 0.3 is 0 Å². The molecule has 3 rings (SSSR count). The zero-order chi connectivity index (χ0) is 21.3. The largest absolute Gasteiger partial charge is 0.479 e. The highest BCUT2D eigenvalue weighted by Gasteiger charge is 2.17. The van der Waals surface area contributed by atoms with Crippen molar-refractivity contribution < 1.29 is 14.3 Å². The van der Waals surface area contributed by atoms with Gasteiger partial charge in [0, 0.05) is 25.7 Å². The molecule has 156 valence electrons. The average Bonchev–Trinajstić information content (AvgIpc) is 3.17. The molecular weight excluding hydrogens is 380 g/mol. The summed E-state index contributed by atoms with van der Waals surface area (Å²) in [5, 5.41) is 9.53. The van der Waals surface area contributed by atoms with Crippen LogP contribution in [-0.2, 0) is 11.8 Å². The molecule has 0 saturated heterocycles. The predicted molar refractivity (Wildman–Crippen MR) is 114 cm³/mol. The molecule has 2 aromatic carbocycles. The smallest absolute Gasteiger partial charge is 0.258 e.